The Morgan fingerprint density at radius 3 is 2.34 bits per heavy atom. The maximum atomic E-state index is 11.3. The van der Waals surface area contributed by atoms with Gasteiger partial charge in [-0.25, -0.2) is 0 Å². The molecule has 6 heteroatoms. The van der Waals surface area contributed by atoms with E-state index in [1.54, 1.807) is 0 Å². The molecule has 3 rings (SSSR count). The van der Waals surface area contributed by atoms with E-state index in [1.165, 1.54) is 37.4 Å². The van der Waals surface area contributed by atoms with Crippen molar-refractivity contribution in [2.24, 2.45) is 0 Å². The molecule has 1 N–H and O–H groups in total. The van der Waals surface area contributed by atoms with Gasteiger partial charge in [-0.3, -0.25) is 9.69 Å². The molecule has 2 aromatic rings. The van der Waals surface area contributed by atoms with E-state index in [0.29, 0.717) is 18.3 Å². The molecule has 0 atom stereocenters. The first-order valence-corrected chi connectivity index (χ1v) is 13.4. The van der Waals surface area contributed by atoms with E-state index in [4.69, 9.17) is 4.74 Å². The number of nitrogens with zero attached hydrogens (tertiary/aromatic N) is 3. The molecule has 0 bridgehead atoms. The van der Waals surface area contributed by atoms with Crippen molar-refractivity contribution in [2.75, 3.05) is 49.5 Å². The molecule has 1 aliphatic rings. The zero-order valence-electron chi connectivity index (χ0n) is 22.6. The van der Waals surface area contributed by atoms with E-state index in [0.717, 1.165) is 57.5 Å². The number of anilines is 2. The van der Waals surface area contributed by atoms with Crippen molar-refractivity contribution in [3.63, 3.8) is 0 Å². The number of amides is 1. The molecule has 0 unspecified atom stereocenters. The molecule has 0 aliphatic carbocycles. The van der Waals surface area contributed by atoms with Crippen molar-refractivity contribution < 1.29 is 9.53 Å². The Balaban J connectivity index is 0.00000100. The van der Waals surface area contributed by atoms with Gasteiger partial charge in [0.15, 0.2) is 0 Å². The minimum atomic E-state index is -0.123. The van der Waals surface area contributed by atoms with Crippen LogP contribution in [0.15, 0.2) is 36.4 Å². The summed E-state index contributed by atoms with van der Waals surface area (Å²) >= 11 is 0. The fourth-order valence-electron chi connectivity index (χ4n) is 4.01. The Hall–Kier alpha value is -2.60. The monoisotopic (exact) mass is 482 g/mol. The molecule has 2 heterocycles. The van der Waals surface area contributed by atoms with Crippen molar-refractivity contribution in [3.8, 4) is 5.88 Å². The van der Waals surface area contributed by atoms with Crippen molar-refractivity contribution in [2.45, 2.75) is 73.1 Å². The third kappa shape index (κ3) is 10.3. The van der Waals surface area contributed by atoms with Gasteiger partial charge < -0.3 is 15.0 Å². The molecular formula is C29H46N4O2. The third-order valence-electron chi connectivity index (χ3n) is 6.21. The van der Waals surface area contributed by atoms with Crippen LogP contribution in [-0.2, 0) is 11.2 Å². The van der Waals surface area contributed by atoms with E-state index in [-0.39, 0.29) is 5.91 Å². The van der Waals surface area contributed by atoms with Crippen molar-refractivity contribution in [3.05, 3.63) is 47.5 Å². The lowest BCUT2D eigenvalue weighted by Crippen LogP contribution is -2.47. The highest BCUT2D eigenvalue weighted by atomic mass is 16.5. The number of benzene rings is 1. The highest BCUT2D eigenvalue weighted by molar-refractivity contribution is 5.88. The van der Waals surface area contributed by atoms with Gasteiger partial charge in [0.2, 0.25) is 11.8 Å². The second kappa shape index (κ2) is 16.1. The van der Waals surface area contributed by atoms with E-state index in [9.17, 15) is 4.79 Å². The highest BCUT2D eigenvalue weighted by Crippen LogP contribution is 2.23. The maximum Gasteiger partial charge on any atom is 0.222 e. The fraction of sp³-hybridized carbons (Fsp3) is 0.586. The lowest BCUT2D eigenvalue weighted by molar-refractivity contribution is -0.114. The van der Waals surface area contributed by atoms with Gasteiger partial charge in [0.25, 0.3) is 0 Å². The summed E-state index contributed by atoms with van der Waals surface area (Å²) in [5.74, 6) is 1.01. The van der Waals surface area contributed by atoms with E-state index < -0.39 is 0 Å². The molecule has 0 radical (unpaired) electrons. The quantitative estimate of drug-likeness (QED) is 0.393. The molecule has 1 amide bonds. The number of nitrogens with one attached hydrogen (secondary N) is 1. The van der Waals surface area contributed by atoms with E-state index in [2.05, 4.69) is 65.1 Å². The number of hydrogen-bond donors (Lipinski definition) is 1. The summed E-state index contributed by atoms with van der Waals surface area (Å²) in [5, 5.41) is 2.74. The molecule has 1 saturated heterocycles. The smallest absolute Gasteiger partial charge is 0.222 e. The highest BCUT2D eigenvalue weighted by Gasteiger charge is 2.18. The van der Waals surface area contributed by atoms with Crippen LogP contribution in [0.25, 0.3) is 0 Å². The fourth-order valence-corrected chi connectivity index (χ4v) is 4.01. The van der Waals surface area contributed by atoms with Gasteiger partial charge in [0, 0.05) is 44.9 Å². The molecule has 1 aromatic heterocycles. The third-order valence-corrected chi connectivity index (χ3v) is 6.21. The summed E-state index contributed by atoms with van der Waals surface area (Å²) < 4.78 is 5.79. The van der Waals surface area contributed by atoms with E-state index >= 15 is 0 Å². The lowest BCUT2D eigenvalue weighted by atomic mass is 10.1. The second-order valence-electron chi connectivity index (χ2n) is 9.26. The number of carbonyl (C=O) groups is 1. The first-order valence-electron chi connectivity index (χ1n) is 13.4. The van der Waals surface area contributed by atoms with Gasteiger partial charge >= 0.3 is 0 Å². The number of rotatable bonds is 11. The number of ether oxygens (including phenoxy) is 1. The topological polar surface area (TPSA) is 57.7 Å². The molecule has 1 aliphatic heterocycles. The van der Waals surface area contributed by atoms with Crippen LogP contribution in [0.2, 0.25) is 0 Å². The molecule has 35 heavy (non-hydrogen) atoms. The molecule has 0 saturated carbocycles. The Labute approximate surface area is 213 Å². The number of aryl methyl sites for hydroxylation is 2. The average Bonchev–Trinajstić information content (AvgIpc) is 2.86. The Morgan fingerprint density at radius 1 is 0.971 bits per heavy atom. The standard InChI is InChI=1S/C25H36N4O2.C4H10/c1-4-9-22-10-5-6-11-23(22)29-17-15-28(16-18-29)14-7-8-19-31-24-13-12-20(2)25(27-24)26-21(3)30;1-3-4-2/h5-6,10-13H,4,7-9,14-19H2,1-3H3,(H,26,27,30);3-4H2,1-2H3. The maximum absolute atomic E-state index is 11.3. The number of para-hydroxylation sites is 1. The van der Waals surface area contributed by atoms with Crippen LogP contribution in [-0.4, -0.2) is 55.1 Å². The Bertz CT molecular complexity index is 877. The minimum absolute atomic E-state index is 0.123. The van der Waals surface area contributed by atoms with Crippen molar-refractivity contribution >= 4 is 17.4 Å². The van der Waals surface area contributed by atoms with Crippen molar-refractivity contribution in [1.29, 1.82) is 0 Å². The van der Waals surface area contributed by atoms with Gasteiger partial charge in [-0.05, 0) is 49.9 Å². The Kier molecular flexibility index (Phi) is 13.2. The van der Waals surface area contributed by atoms with Gasteiger partial charge in [0.05, 0.1) is 6.61 Å². The number of hydrogen-bond acceptors (Lipinski definition) is 5. The molecule has 6 nitrogen and oxygen atoms in total. The minimum Gasteiger partial charge on any atom is -0.478 e. The number of unbranched alkanes of at least 4 members (excludes halogenated alkanes) is 2. The molecule has 1 fully saturated rings. The summed E-state index contributed by atoms with van der Waals surface area (Å²) in [6, 6.07) is 12.6. The van der Waals surface area contributed by atoms with Crippen LogP contribution in [0.4, 0.5) is 11.5 Å². The normalized spacial score (nSPS) is 13.7. The molecule has 0 spiro atoms. The summed E-state index contributed by atoms with van der Waals surface area (Å²) in [4.78, 5) is 20.8. The average molecular weight is 483 g/mol. The first-order chi connectivity index (χ1) is 17.0. The second-order valence-corrected chi connectivity index (χ2v) is 9.26. The predicted molar refractivity (Wildman–Crippen MR) is 148 cm³/mol. The van der Waals surface area contributed by atoms with Gasteiger partial charge in [-0.1, -0.05) is 64.3 Å². The van der Waals surface area contributed by atoms with Crippen LogP contribution < -0.4 is 15.0 Å². The van der Waals surface area contributed by atoms with Crippen LogP contribution in [0.1, 0.15) is 70.9 Å². The van der Waals surface area contributed by atoms with Gasteiger partial charge in [0.1, 0.15) is 5.82 Å². The number of carbonyl (C=O) groups excluding carboxylic acids is 1. The largest absolute Gasteiger partial charge is 0.478 e. The number of aromatic nitrogens is 1. The zero-order chi connectivity index (χ0) is 25.5. The summed E-state index contributed by atoms with van der Waals surface area (Å²) in [6.45, 7) is 16.2. The van der Waals surface area contributed by atoms with Gasteiger partial charge in [-0.15, -0.1) is 0 Å². The van der Waals surface area contributed by atoms with Crippen LogP contribution in [0.5, 0.6) is 5.88 Å². The summed E-state index contributed by atoms with van der Waals surface area (Å²) in [5.41, 5.74) is 3.82. The molecule has 1 aromatic carbocycles. The number of pyridine rings is 1. The predicted octanol–water partition coefficient (Wildman–Crippen LogP) is 6.09. The summed E-state index contributed by atoms with van der Waals surface area (Å²) in [7, 11) is 0. The summed E-state index contributed by atoms with van der Waals surface area (Å²) in [6.07, 6.45) is 7.08. The zero-order valence-corrected chi connectivity index (χ0v) is 22.6. The van der Waals surface area contributed by atoms with Crippen molar-refractivity contribution in [1.82, 2.24) is 9.88 Å². The van der Waals surface area contributed by atoms with Crippen LogP contribution in [0, 0.1) is 6.92 Å². The number of piperazine rings is 1. The van der Waals surface area contributed by atoms with E-state index in [1.807, 2.05) is 19.1 Å². The molecule has 194 valence electrons. The first kappa shape index (κ1) is 28.6. The van der Waals surface area contributed by atoms with Crippen LogP contribution in [0.3, 0.4) is 0 Å². The molecular weight excluding hydrogens is 436 g/mol. The van der Waals surface area contributed by atoms with Gasteiger partial charge in [-0.2, -0.15) is 4.98 Å². The lowest BCUT2D eigenvalue weighted by Gasteiger charge is -2.37. The van der Waals surface area contributed by atoms with Crippen LogP contribution >= 0.6 is 0 Å². The SMILES string of the molecule is CCCC.CCCc1ccccc1N1CCN(CCCCOc2ccc(C)c(NC(C)=O)n2)CC1. The Morgan fingerprint density at radius 2 is 1.69 bits per heavy atom.